The fraction of sp³-hybridized carbons (Fsp3) is 0.500. The smallest absolute Gasteiger partial charge is 0.337 e. The fourth-order valence-electron chi connectivity index (χ4n) is 2.43. The second-order valence-corrected chi connectivity index (χ2v) is 5.56. The molecule has 2 rings (SSSR count). The average Bonchev–Trinajstić information content (AvgIpc) is 2.64. The van der Waals surface area contributed by atoms with E-state index >= 15 is 0 Å². The van der Waals surface area contributed by atoms with Gasteiger partial charge in [0.1, 0.15) is 18.3 Å². The highest BCUT2D eigenvalue weighted by molar-refractivity contribution is 5.75. The van der Waals surface area contributed by atoms with Crippen LogP contribution < -0.4 is 0 Å². The molecule has 0 amide bonds. The summed E-state index contributed by atoms with van der Waals surface area (Å²) in [5.41, 5.74) is -1.17. The largest absolute Gasteiger partial charge is 0.467 e. The van der Waals surface area contributed by atoms with Crippen LogP contribution in [0.4, 0.5) is 11.4 Å². The molecule has 1 aliphatic heterocycles. The quantitative estimate of drug-likeness (QED) is 0.307. The van der Waals surface area contributed by atoms with Crippen LogP contribution in [-0.2, 0) is 25.6 Å². The summed E-state index contributed by atoms with van der Waals surface area (Å²) in [4.78, 5) is 31.8. The summed E-state index contributed by atoms with van der Waals surface area (Å²) in [6.45, 7) is -0.535. The topological polar surface area (TPSA) is 192 Å². The Kier molecular flexibility index (Phi) is 6.35. The van der Waals surface area contributed by atoms with Crippen molar-refractivity contribution in [2.24, 2.45) is 0 Å². The minimum atomic E-state index is -1.81. The van der Waals surface area contributed by atoms with Gasteiger partial charge in [-0.2, -0.15) is 0 Å². The monoisotopic (exact) mass is 388 g/mol. The number of nitro groups is 2. The zero-order valence-corrected chi connectivity index (χ0v) is 13.8. The van der Waals surface area contributed by atoms with Gasteiger partial charge in [-0.15, -0.1) is 0 Å². The van der Waals surface area contributed by atoms with Crippen LogP contribution in [0.1, 0.15) is 5.56 Å². The Morgan fingerprint density at radius 2 is 1.81 bits per heavy atom. The molecule has 1 saturated heterocycles. The van der Waals surface area contributed by atoms with Gasteiger partial charge in [0, 0.05) is 6.07 Å². The van der Waals surface area contributed by atoms with Gasteiger partial charge in [0.15, 0.2) is 12.4 Å². The molecule has 0 unspecified atom stereocenters. The normalized spacial score (nSPS) is 27.8. The number of ether oxygens (including phenoxy) is 3. The van der Waals surface area contributed by atoms with Gasteiger partial charge in [-0.3, -0.25) is 20.2 Å². The van der Waals surface area contributed by atoms with E-state index in [1.54, 1.807) is 0 Å². The van der Waals surface area contributed by atoms with Crippen LogP contribution in [0.15, 0.2) is 18.2 Å². The molecular weight excluding hydrogens is 372 g/mol. The van der Waals surface area contributed by atoms with Crippen LogP contribution >= 0.6 is 0 Å². The second-order valence-electron chi connectivity index (χ2n) is 5.56. The average molecular weight is 388 g/mol. The molecule has 0 spiro atoms. The van der Waals surface area contributed by atoms with E-state index in [0.29, 0.717) is 0 Å². The third-order valence-corrected chi connectivity index (χ3v) is 3.88. The van der Waals surface area contributed by atoms with Crippen molar-refractivity contribution in [3.05, 3.63) is 44.0 Å². The van der Waals surface area contributed by atoms with Crippen LogP contribution in [0.25, 0.3) is 0 Å². The Labute approximate surface area is 151 Å². The number of benzene rings is 1. The van der Waals surface area contributed by atoms with E-state index in [4.69, 9.17) is 9.47 Å². The van der Waals surface area contributed by atoms with Crippen molar-refractivity contribution in [3.8, 4) is 0 Å². The Balaban J connectivity index is 2.18. The lowest BCUT2D eigenvalue weighted by Gasteiger charge is -2.38. The van der Waals surface area contributed by atoms with Gasteiger partial charge < -0.3 is 29.5 Å². The molecule has 1 aliphatic rings. The number of aliphatic hydroxyl groups is 3. The predicted octanol–water partition coefficient (Wildman–Crippen LogP) is -1.000. The maximum atomic E-state index is 11.6. The SMILES string of the molecule is COC(=O)[C@H]1O[C@@H](OCc2ccc([N+](=O)[O-])cc2[N+](=O)[O-])[C@H](O)[C@@H](O)[C@@H]1O. The lowest BCUT2D eigenvalue weighted by atomic mass is 9.99. The molecule has 0 aromatic heterocycles. The molecule has 1 fully saturated rings. The molecule has 13 nitrogen and oxygen atoms in total. The minimum Gasteiger partial charge on any atom is -0.467 e. The predicted molar refractivity (Wildman–Crippen MR) is 83.2 cm³/mol. The number of rotatable bonds is 6. The third kappa shape index (κ3) is 4.35. The Bertz CT molecular complexity index is 740. The Hall–Kier alpha value is -2.71. The first kappa shape index (κ1) is 20.6. The maximum Gasteiger partial charge on any atom is 0.337 e. The van der Waals surface area contributed by atoms with Gasteiger partial charge in [0.05, 0.1) is 35.2 Å². The number of nitrogens with zero attached hydrogens (tertiary/aromatic N) is 2. The third-order valence-electron chi connectivity index (χ3n) is 3.88. The Morgan fingerprint density at radius 3 is 2.37 bits per heavy atom. The summed E-state index contributed by atoms with van der Waals surface area (Å²) in [6.07, 6.45) is -8.62. The molecule has 1 aromatic carbocycles. The van der Waals surface area contributed by atoms with E-state index in [0.717, 1.165) is 25.3 Å². The summed E-state index contributed by atoms with van der Waals surface area (Å²) in [5, 5.41) is 51.3. The Morgan fingerprint density at radius 1 is 1.15 bits per heavy atom. The molecule has 0 saturated carbocycles. The summed E-state index contributed by atoms with van der Waals surface area (Å²) in [5.74, 6) is -1.02. The molecule has 148 valence electrons. The maximum absolute atomic E-state index is 11.6. The number of methoxy groups -OCH3 is 1. The van der Waals surface area contributed by atoms with Crippen molar-refractivity contribution in [2.75, 3.05) is 7.11 Å². The second kappa shape index (κ2) is 8.32. The summed E-state index contributed by atoms with van der Waals surface area (Å²) in [7, 11) is 1.02. The van der Waals surface area contributed by atoms with Crippen molar-refractivity contribution in [2.45, 2.75) is 37.3 Å². The number of non-ortho nitro benzene ring substituents is 1. The van der Waals surface area contributed by atoms with Gasteiger partial charge in [0.25, 0.3) is 11.4 Å². The first-order chi connectivity index (χ1) is 12.7. The van der Waals surface area contributed by atoms with Crippen molar-refractivity contribution in [3.63, 3.8) is 0 Å². The van der Waals surface area contributed by atoms with E-state index < -0.39 is 64.5 Å². The lowest BCUT2D eigenvalue weighted by molar-refractivity contribution is -0.395. The van der Waals surface area contributed by atoms with Gasteiger partial charge in [0.2, 0.25) is 0 Å². The van der Waals surface area contributed by atoms with E-state index in [2.05, 4.69) is 4.74 Å². The summed E-state index contributed by atoms with van der Waals surface area (Å²) >= 11 is 0. The molecule has 27 heavy (non-hydrogen) atoms. The number of carbonyl (C=O) groups excluding carboxylic acids is 1. The number of esters is 1. The highest BCUT2D eigenvalue weighted by Crippen LogP contribution is 2.28. The molecule has 1 aromatic rings. The fourth-order valence-corrected chi connectivity index (χ4v) is 2.43. The van der Waals surface area contributed by atoms with Gasteiger partial charge in [-0.1, -0.05) is 0 Å². The summed E-state index contributed by atoms with van der Waals surface area (Å²) < 4.78 is 14.7. The zero-order valence-electron chi connectivity index (χ0n) is 13.8. The molecule has 3 N–H and O–H groups in total. The van der Waals surface area contributed by atoms with Gasteiger partial charge >= 0.3 is 5.97 Å². The first-order valence-electron chi connectivity index (χ1n) is 7.48. The van der Waals surface area contributed by atoms with E-state index in [-0.39, 0.29) is 5.56 Å². The van der Waals surface area contributed by atoms with Crippen LogP contribution in [0, 0.1) is 20.2 Å². The van der Waals surface area contributed by atoms with Crippen LogP contribution in [0.2, 0.25) is 0 Å². The van der Waals surface area contributed by atoms with Gasteiger partial charge in [-0.25, -0.2) is 4.79 Å². The minimum absolute atomic E-state index is 0.0726. The van der Waals surface area contributed by atoms with Crippen molar-refractivity contribution < 1.29 is 44.2 Å². The van der Waals surface area contributed by atoms with Gasteiger partial charge in [-0.05, 0) is 6.07 Å². The summed E-state index contributed by atoms with van der Waals surface area (Å²) in [6, 6.07) is 2.86. The van der Waals surface area contributed by atoms with E-state index in [9.17, 15) is 40.3 Å². The molecule has 5 atom stereocenters. The van der Waals surface area contributed by atoms with Crippen LogP contribution in [-0.4, -0.2) is 69.0 Å². The van der Waals surface area contributed by atoms with E-state index in [1.807, 2.05) is 0 Å². The first-order valence-corrected chi connectivity index (χ1v) is 7.48. The number of carbonyl (C=O) groups is 1. The zero-order chi connectivity index (χ0) is 20.3. The molecular formula is C14H16N2O11. The van der Waals surface area contributed by atoms with Crippen LogP contribution in [0.3, 0.4) is 0 Å². The van der Waals surface area contributed by atoms with Crippen molar-refractivity contribution >= 4 is 17.3 Å². The molecule has 13 heteroatoms. The standard InChI is InChI=1S/C14H16N2O11/c1-25-13(20)12-10(18)9(17)11(19)14(27-12)26-5-6-2-3-7(15(21)22)4-8(6)16(23)24/h2-4,9-12,14,17-19H,5H2,1H3/t9-,10-,11+,12-,14+/m0/s1. The molecule has 1 heterocycles. The highest BCUT2D eigenvalue weighted by Gasteiger charge is 2.48. The molecule has 0 aliphatic carbocycles. The van der Waals surface area contributed by atoms with Crippen LogP contribution in [0.5, 0.6) is 0 Å². The van der Waals surface area contributed by atoms with Crippen molar-refractivity contribution in [1.82, 2.24) is 0 Å². The number of hydrogen-bond donors (Lipinski definition) is 3. The van der Waals surface area contributed by atoms with E-state index in [1.165, 1.54) is 0 Å². The highest BCUT2D eigenvalue weighted by atomic mass is 16.7. The number of hydrogen-bond acceptors (Lipinski definition) is 11. The lowest BCUT2D eigenvalue weighted by Crippen LogP contribution is -2.60. The molecule has 0 bridgehead atoms. The van der Waals surface area contributed by atoms with Crippen molar-refractivity contribution in [1.29, 1.82) is 0 Å². The number of nitro benzene ring substituents is 2. The number of aliphatic hydroxyl groups excluding tert-OH is 3. The molecule has 0 radical (unpaired) electrons.